The van der Waals surface area contributed by atoms with Gasteiger partial charge in [-0.2, -0.15) is 13.2 Å². The zero-order valence-corrected chi connectivity index (χ0v) is 20.2. The normalized spacial score (nSPS) is 11.1. The Bertz CT molecular complexity index is 1390. The maximum atomic E-state index is 13.4. The predicted molar refractivity (Wildman–Crippen MR) is 136 cm³/mol. The van der Waals surface area contributed by atoms with Gasteiger partial charge in [-0.15, -0.1) is 0 Å². The van der Waals surface area contributed by atoms with Crippen LogP contribution in [-0.2, 0) is 19.1 Å². The second-order valence-electron chi connectivity index (χ2n) is 8.58. The molecular weight excluding hydrogens is 495 g/mol. The summed E-state index contributed by atoms with van der Waals surface area (Å²) in [5.74, 6) is -1.47. The third-order valence-electron chi connectivity index (χ3n) is 5.90. The fourth-order valence-corrected chi connectivity index (χ4v) is 3.90. The van der Waals surface area contributed by atoms with Crippen molar-refractivity contribution in [1.29, 1.82) is 0 Å². The van der Waals surface area contributed by atoms with Crippen molar-refractivity contribution in [3.05, 3.63) is 131 Å². The number of nitrogens with zero attached hydrogens (tertiary/aromatic N) is 1. The molecule has 0 radical (unpaired) electrons. The summed E-state index contributed by atoms with van der Waals surface area (Å²) >= 11 is 0. The Morgan fingerprint density at radius 3 is 1.97 bits per heavy atom. The van der Waals surface area contributed by atoms with Crippen molar-refractivity contribution >= 4 is 11.9 Å². The van der Waals surface area contributed by atoms with Gasteiger partial charge in [0.25, 0.3) is 5.91 Å². The Hall–Kier alpha value is -4.59. The maximum absolute atomic E-state index is 13.4. The van der Waals surface area contributed by atoms with E-state index >= 15 is 0 Å². The number of ether oxygens (including phenoxy) is 1. The molecule has 1 amide bonds. The molecule has 0 atom stereocenters. The number of rotatable bonds is 9. The third-order valence-corrected chi connectivity index (χ3v) is 5.90. The molecule has 0 spiro atoms. The maximum Gasteiger partial charge on any atom is 0.419 e. The van der Waals surface area contributed by atoms with Gasteiger partial charge >= 0.3 is 12.1 Å². The molecule has 0 heterocycles. The monoisotopic (exact) mass is 519 g/mol. The van der Waals surface area contributed by atoms with Crippen molar-refractivity contribution in [3.63, 3.8) is 0 Å². The molecule has 0 fully saturated rings. The van der Waals surface area contributed by atoms with Crippen LogP contribution in [0, 0.1) is 0 Å². The van der Waals surface area contributed by atoms with Gasteiger partial charge in [0.1, 0.15) is 11.5 Å². The number of carboxylic acid groups (broad SMARTS) is 1. The predicted octanol–water partition coefficient (Wildman–Crippen LogP) is 7.08. The Balaban J connectivity index is 1.52. The average Bonchev–Trinajstić information content (AvgIpc) is 2.91. The largest absolute Gasteiger partial charge is 0.478 e. The second kappa shape index (κ2) is 11.6. The first-order valence-electron chi connectivity index (χ1n) is 11.8. The van der Waals surface area contributed by atoms with Gasteiger partial charge in [-0.3, -0.25) is 4.79 Å². The van der Waals surface area contributed by atoms with E-state index in [1.165, 1.54) is 54.6 Å². The lowest BCUT2D eigenvalue weighted by Crippen LogP contribution is -2.32. The van der Waals surface area contributed by atoms with Crippen LogP contribution in [0.25, 0.3) is 0 Å². The average molecular weight is 520 g/mol. The standard InChI is InChI=1S/C30H24F3NO4/c31-30(32,33)26-8-4-5-9-27(26)38-25-16-14-23(15-17-25)28(35)34(19-18-21-6-2-1-3-7-21)20-22-10-12-24(13-11-22)29(36)37/h1-17H,18-20H2,(H,36,37). The minimum atomic E-state index is -4.56. The Kier molecular flexibility index (Phi) is 8.11. The molecule has 0 bridgehead atoms. The number of halogens is 3. The van der Waals surface area contributed by atoms with Gasteiger partial charge in [-0.25, -0.2) is 4.79 Å². The van der Waals surface area contributed by atoms with E-state index in [1.54, 1.807) is 17.0 Å². The second-order valence-corrected chi connectivity index (χ2v) is 8.58. The third kappa shape index (κ3) is 6.79. The van der Waals surface area contributed by atoms with E-state index in [-0.39, 0.29) is 29.5 Å². The first kappa shape index (κ1) is 26.5. The number of carbonyl (C=O) groups excluding carboxylic acids is 1. The highest BCUT2D eigenvalue weighted by Crippen LogP contribution is 2.37. The van der Waals surface area contributed by atoms with E-state index in [2.05, 4.69) is 0 Å². The number of hydrogen-bond acceptors (Lipinski definition) is 3. The van der Waals surface area contributed by atoms with Crippen molar-refractivity contribution in [2.45, 2.75) is 19.1 Å². The molecule has 4 aromatic rings. The van der Waals surface area contributed by atoms with Crippen LogP contribution in [0.1, 0.15) is 37.4 Å². The number of aromatic carboxylic acids is 1. The Labute approximate surface area is 217 Å². The molecule has 38 heavy (non-hydrogen) atoms. The number of benzene rings is 4. The van der Waals surface area contributed by atoms with Crippen molar-refractivity contribution in [2.75, 3.05) is 6.54 Å². The summed E-state index contributed by atoms with van der Waals surface area (Å²) in [6.07, 6.45) is -3.95. The van der Waals surface area contributed by atoms with Crippen LogP contribution in [0.15, 0.2) is 103 Å². The molecule has 4 aromatic carbocycles. The minimum absolute atomic E-state index is 0.151. The highest BCUT2D eigenvalue weighted by atomic mass is 19.4. The van der Waals surface area contributed by atoms with Gasteiger partial charge in [-0.1, -0.05) is 54.6 Å². The summed E-state index contributed by atoms with van der Waals surface area (Å²) in [5.41, 5.74) is 1.43. The summed E-state index contributed by atoms with van der Waals surface area (Å²) in [4.78, 5) is 26.3. The van der Waals surface area contributed by atoms with E-state index in [0.717, 1.165) is 17.2 Å². The van der Waals surface area contributed by atoms with E-state index in [9.17, 15) is 22.8 Å². The summed E-state index contributed by atoms with van der Waals surface area (Å²) in [5, 5.41) is 9.14. The van der Waals surface area contributed by atoms with Crippen LogP contribution in [0.5, 0.6) is 11.5 Å². The lowest BCUT2D eigenvalue weighted by atomic mass is 10.1. The Morgan fingerprint density at radius 1 is 0.737 bits per heavy atom. The number of carbonyl (C=O) groups is 2. The van der Waals surface area contributed by atoms with Gasteiger partial charge < -0.3 is 14.7 Å². The van der Waals surface area contributed by atoms with E-state index in [0.29, 0.717) is 18.5 Å². The molecule has 0 aromatic heterocycles. The Morgan fingerprint density at radius 2 is 1.34 bits per heavy atom. The summed E-state index contributed by atoms with van der Waals surface area (Å²) in [7, 11) is 0. The van der Waals surface area contributed by atoms with Gasteiger partial charge in [-0.05, 0) is 66.1 Å². The number of alkyl halides is 3. The van der Waals surface area contributed by atoms with Crippen LogP contribution >= 0.6 is 0 Å². The molecule has 194 valence electrons. The van der Waals surface area contributed by atoms with E-state index < -0.39 is 17.7 Å². The topological polar surface area (TPSA) is 66.8 Å². The molecule has 0 saturated heterocycles. The van der Waals surface area contributed by atoms with Crippen LogP contribution in [0.3, 0.4) is 0 Å². The summed E-state index contributed by atoms with van der Waals surface area (Å²) in [6.45, 7) is 0.656. The van der Waals surface area contributed by atoms with Crippen LogP contribution in [-0.4, -0.2) is 28.4 Å². The molecule has 4 rings (SSSR count). The molecule has 0 aliphatic heterocycles. The van der Waals surface area contributed by atoms with Crippen LogP contribution in [0.4, 0.5) is 13.2 Å². The molecule has 0 aliphatic rings. The molecule has 0 unspecified atom stereocenters. The molecule has 8 heteroatoms. The number of para-hydroxylation sites is 1. The molecule has 1 N–H and O–H groups in total. The highest BCUT2D eigenvalue weighted by Gasteiger charge is 2.34. The van der Waals surface area contributed by atoms with E-state index in [4.69, 9.17) is 9.84 Å². The van der Waals surface area contributed by atoms with Crippen molar-refractivity contribution in [3.8, 4) is 11.5 Å². The fourth-order valence-electron chi connectivity index (χ4n) is 3.90. The lowest BCUT2D eigenvalue weighted by Gasteiger charge is -2.23. The number of carboxylic acids is 1. The highest BCUT2D eigenvalue weighted by molar-refractivity contribution is 5.94. The summed E-state index contributed by atoms with van der Waals surface area (Å²) < 4.78 is 45.3. The SMILES string of the molecule is O=C(O)c1ccc(CN(CCc2ccccc2)C(=O)c2ccc(Oc3ccccc3C(F)(F)F)cc2)cc1. The van der Waals surface area contributed by atoms with Crippen molar-refractivity contribution in [1.82, 2.24) is 4.90 Å². The van der Waals surface area contributed by atoms with Crippen LogP contribution in [0.2, 0.25) is 0 Å². The first-order chi connectivity index (χ1) is 18.2. The molecular formula is C30H24F3NO4. The van der Waals surface area contributed by atoms with Gasteiger partial charge in [0.05, 0.1) is 11.1 Å². The quantitative estimate of drug-likeness (QED) is 0.257. The van der Waals surface area contributed by atoms with Gasteiger partial charge in [0, 0.05) is 18.7 Å². The van der Waals surface area contributed by atoms with Crippen molar-refractivity contribution in [2.24, 2.45) is 0 Å². The zero-order valence-electron chi connectivity index (χ0n) is 20.2. The van der Waals surface area contributed by atoms with Gasteiger partial charge in [0.2, 0.25) is 0 Å². The molecule has 0 saturated carbocycles. The van der Waals surface area contributed by atoms with Crippen LogP contribution < -0.4 is 4.74 Å². The molecule has 5 nitrogen and oxygen atoms in total. The molecule has 0 aliphatic carbocycles. The zero-order chi connectivity index (χ0) is 27.1. The van der Waals surface area contributed by atoms with Gasteiger partial charge in [0.15, 0.2) is 0 Å². The van der Waals surface area contributed by atoms with Crippen molar-refractivity contribution < 1.29 is 32.6 Å². The van der Waals surface area contributed by atoms with E-state index in [1.807, 2.05) is 30.3 Å². The smallest absolute Gasteiger partial charge is 0.419 e. The first-order valence-corrected chi connectivity index (χ1v) is 11.8. The fraction of sp³-hybridized carbons (Fsp3) is 0.133. The lowest BCUT2D eigenvalue weighted by molar-refractivity contribution is -0.138. The number of amides is 1. The summed E-state index contributed by atoms with van der Waals surface area (Å²) in [6, 6.07) is 26.9. The number of hydrogen-bond donors (Lipinski definition) is 1. The minimum Gasteiger partial charge on any atom is -0.478 e.